The molecule has 2 heterocycles. The molecule has 1 N–H and O–H groups in total. The molecule has 0 aromatic heterocycles. The van der Waals surface area contributed by atoms with Crippen LogP contribution in [0.3, 0.4) is 0 Å². The van der Waals surface area contributed by atoms with E-state index in [1.165, 1.54) is 4.90 Å². The van der Waals surface area contributed by atoms with Crippen molar-refractivity contribution in [1.29, 1.82) is 0 Å². The van der Waals surface area contributed by atoms with E-state index >= 15 is 0 Å². The van der Waals surface area contributed by atoms with Gasteiger partial charge in [-0.2, -0.15) is 0 Å². The maximum Gasteiger partial charge on any atom is 0.255 e. The first-order valence-electron chi connectivity index (χ1n) is 12.9. The predicted octanol–water partition coefficient (Wildman–Crippen LogP) is 2.09. The van der Waals surface area contributed by atoms with Gasteiger partial charge in [0.1, 0.15) is 18.4 Å². The number of benzene rings is 2. The van der Waals surface area contributed by atoms with E-state index < -0.39 is 11.9 Å². The van der Waals surface area contributed by atoms with E-state index in [0.717, 1.165) is 11.1 Å². The molecular formula is C28H34N2O8. The molecule has 0 spiro atoms. The standard InChI is InChI=1S/C28H34N2O8/c31-26-10-9-24(27(32)29-26)30-19-23-22(28(30)33)7-4-8-25(23)38-18-17-36-14-13-34-11-12-35-15-16-37-20-21-5-2-1-3-6-21/h1-8,24H,9-20H2,(H,29,31,32). The fraction of sp³-hybridized carbons (Fsp3) is 0.464. The zero-order chi connectivity index (χ0) is 26.6. The van der Waals surface area contributed by atoms with Crippen molar-refractivity contribution in [2.75, 3.05) is 52.9 Å². The number of carbonyl (C=O) groups excluding carboxylic acids is 3. The number of piperidine rings is 1. The van der Waals surface area contributed by atoms with Gasteiger partial charge in [0, 0.05) is 17.5 Å². The van der Waals surface area contributed by atoms with Crippen molar-refractivity contribution in [2.24, 2.45) is 0 Å². The van der Waals surface area contributed by atoms with Crippen LogP contribution in [0.15, 0.2) is 48.5 Å². The Hall–Kier alpha value is -3.31. The molecule has 0 bridgehead atoms. The van der Waals surface area contributed by atoms with E-state index in [2.05, 4.69) is 5.32 Å². The highest BCUT2D eigenvalue weighted by Gasteiger charge is 2.40. The zero-order valence-electron chi connectivity index (χ0n) is 21.4. The van der Waals surface area contributed by atoms with Gasteiger partial charge in [-0.3, -0.25) is 19.7 Å². The van der Waals surface area contributed by atoms with Gasteiger partial charge in [-0.1, -0.05) is 36.4 Å². The zero-order valence-corrected chi connectivity index (χ0v) is 21.4. The Balaban J connectivity index is 1.03. The Labute approximate surface area is 222 Å². The molecule has 10 nitrogen and oxygen atoms in total. The first-order valence-corrected chi connectivity index (χ1v) is 12.9. The fourth-order valence-corrected chi connectivity index (χ4v) is 4.33. The normalized spacial score (nSPS) is 17.0. The van der Waals surface area contributed by atoms with Gasteiger partial charge in [0.15, 0.2) is 0 Å². The molecule has 1 fully saturated rings. The second-order valence-corrected chi connectivity index (χ2v) is 8.91. The molecule has 2 aromatic carbocycles. The van der Waals surface area contributed by atoms with Crippen LogP contribution in [0.4, 0.5) is 0 Å². The van der Waals surface area contributed by atoms with Crippen LogP contribution < -0.4 is 10.1 Å². The Bertz CT molecular complexity index is 1080. The first-order chi connectivity index (χ1) is 18.6. The molecule has 0 saturated carbocycles. The van der Waals surface area contributed by atoms with E-state index in [-0.39, 0.29) is 24.8 Å². The van der Waals surface area contributed by atoms with Crippen LogP contribution in [-0.4, -0.2) is 81.5 Å². The smallest absolute Gasteiger partial charge is 0.255 e. The molecule has 10 heteroatoms. The molecule has 1 unspecified atom stereocenters. The molecule has 0 radical (unpaired) electrons. The molecule has 1 saturated heterocycles. The third-order valence-electron chi connectivity index (χ3n) is 6.25. The quantitative estimate of drug-likeness (QED) is 0.261. The van der Waals surface area contributed by atoms with Crippen molar-refractivity contribution in [2.45, 2.75) is 32.0 Å². The third kappa shape index (κ3) is 7.84. The van der Waals surface area contributed by atoms with Crippen LogP contribution in [0.1, 0.15) is 34.3 Å². The van der Waals surface area contributed by atoms with Crippen LogP contribution in [-0.2, 0) is 41.7 Å². The van der Waals surface area contributed by atoms with E-state index in [9.17, 15) is 14.4 Å². The van der Waals surface area contributed by atoms with Crippen molar-refractivity contribution in [3.8, 4) is 5.75 Å². The Morgan fingerprint density at radius 2 is 1.42 bits per heavy atom. The molecule has 2 aliphatic heterocycles. The van der Waals surface area contributed by atoms with Crippen molar-refractivity contribution in [3.05, 3.63) is 65.2 Å². The van der Waals surface area contributed by atoms with Crippen LogP contribution in [0.25, 0.3) is 0 Å². The lowest BCUT2D eigenvalue weighted by atomic mass is 10.0. The van der Waals surface area contributed by atoms with Gasteiger partial charge < -0.3 is 28.6 Å². The lowest BCUT2D eigenvalue weighted by Gasteiger charge is -2.29. The summed E-state index contributed by atoms with van der Waals surface area (Å²) < 4.78 is 28.0. The van der Waals surface area contributed by atoms with Gasteiger partial charge in [0.2, 0.25) is 11.8 Å². The number of hydrogen-bond acceptors (Lipinski definition) is 8. The summed E-state index contributed by atoms with van der Waals surface area (Å²) >= 11 is 0. The molecule has 4 rings (SSSR count). The van der Waals surface area contributed by atoms with Crippen LogP contribution in [0.5, 0.6) is 5.75 Å². The lowest BCUT2D eigenvalue weighted by molar-refractivity contribution is -0.136. The summed E-state index contributed by atoms with van der Waals surface area (Å²) in [5.41, 5.74) is 2.41. The van der Waals surface area contributed by atoms with Gasteiger partial charge in [0.05, 0.1) is 59.4 Å². The Kier molecular flexibility index (Phi) is 10.6. The van der Waals surface area contributed by atoms with Crippen LogP contribution >= 0.6 is 0 Å². The van der Waals surface area contributed by atoms with Gasteiger partial charge in [-0.25, -0.2) is 0 Å². The summed E-state index contributed by atoms with van der Waals surface area (Å²) in [5.74, 6) is -0.370. The summed E-state index contributed by atoms with van der Waals surface area (Å²) in [6.07, 6.45) is 0.546. The highest BCUT2D eigenvalue weighted by molar-refractivity contribution is 6.05. The molecular weight excluding hydrogens is 492 g/mol. The molecule has 0 aliphatic carbocycles. The van der Waals surface area contributed by atoms with E-state index in [1.54, 1.807) is 18.2 Å². The maximum atomic E-state index is 12.9. The SMILES string of the molecule is O=C1CCC(N2Cc3c(OCCOCCOCCOCCOCc4ccccc4)cccc3C2=O)C(=O)N1. The van der Waals surface area contributed by atoms with Crippen LogP contribution in [0, 0.1) is 0 Å². The average molecular weight is 527 g/mol. The molecule has 204 valence electrons. The molecule has 3 amide bonds. The predicted molar refractivity (Wildman–Crippen MR) is 137 cm³/mol. The summed E-state index contributed by atoms with van der Waals surface area (Å²) in [4.78, 5) is 38.1. The maximum absolute atomic E-state index is 12.9. The van der Waals surface area contributed by atoms with E-state index in [1.807, 2.05) is 30.3 Å². The summed E-state index contributed by atoms with van der Waals surface area (Å²) in [5, 5.41) is 2.31. The highest BCUT2D eigenvalue weighted by Crippen LogP contribution is 2.33. The largest absolute Gasteiger partial charge is 0.491 e. The molecule has 2 aliphatic rings. The number of amides is 3. The van der Waals surface area contributed by atoms with Gasteiger partial charge >= 0.3 is 0 Å². The Morgan fingerprint density at radius 3 is 2.11 bits per heavy atom. The van der Waals surface area contributed by atoms with Gasteiger partial charge in [-0.05, 0) is 24.1 Å². The summed E-state index contributed by atoms with van der Waals surface area (Å²) in [6, 6.07) is 14.6. The molecule has 38 heavy (non-hydrogen) atoms. The molecule has 1 atom stereocenters. The third-order valence-corrected chi connectivity index (χ3v) is 6.25. The van der Waals surface area contributed by atoms with Crippen molar-refractivity contribution in [3.63, 3.8) is 0 Å². The lowest BCUT2D eigenvalue weighted by Crippen LogP contribution is -2.52. The topological polar surface area (TPSA) is 113 Å². The van der Waals surface area contributed by atoms with Crippen LogP contribution in [0.2, 0.25) is 0 Å². The monoisotopic (exact) mass is 526 g/mol. The molecule has 2 aromatic rings. The highest BCUT2D eigenvalue weighted by atomic mass is 16.6. The number of rotatable bonds is 16. The second kappa shape index (κ2) is 14.6. The first kappa shape index (κ1) is 27.7. The second-order valence-electron chi connectivity index (χ2n) is 8.91. The average Bonchev–Trinajstić information content (AvgIpc) is 3.26. The van der Waals surface area contributed by atoms with Gasteiger partial charge in [-0.15, -0.1) is 0 Å². The van der Waals surface area contributed by atoms with Crippen molar-refractivity contribution >= 4 is 17.7 Å². The van der Waals surface area contributed by atoms with E-state index in [0.29, 0.717) is 77.2 Å². The van der Waals surface area contributed by atoms with Crippen molar-refractivity contribution in [1.82, 2.24) is 10.2 Å². The minimum absolute atomic E-state index is 0.220. The Morgan fingerprint density at radius 1 is 0.763 bits per heavy atom. The number of nitrogens with one attached hydrogen (secondary N) is 1. The number of carbonyl (C=O) groups is 3. The minimum Gasteiger partial charge on any atom is -0.491 e. The number of fused-ring (bicyclic) bond motifs is 1. The summed E-state index contributed by atoms with van der Waals surface area (Å²) in [6.45, 7) is 4.43. The number of nitrogens with zero attached hydrogens (tertiary/aromatic N) is 1. The van der Waals surface area contributed by atoms with E-state index in [4.69, 9.17) is 23.7 Å². The van der Waals surface area contributed by atoms with Gasteiger partial charge in [0.25, 0.3) is 5.91 Å². The minimum atomic E-state index is -0.651. The number of ether oxygens (including phenoxy) is 5. The van der Waals surface area contributed by atoms with Crippen molar-refractivity contribution < 1.29 is 38.1 Å². The summed E-state index contributed by atoms with van der Waals surface area (Å²) in [7, 11) is 0. The number of imide groups is 1. The fourth-order valence-electron chi connectivity index (χ4n) is 4.33. The number of hydrogen-bond donors (Lipinski definition) is 1.